The van der Waals surface area contributed by atoms with E-state index in [9.17, 15) is 4.79 Å². The molecule has 2 heterocycles. The van der Waals surface area contributed by atoms with Crippen LogP contribution in [0.5, 0.6) is 0 Å². The van der Waals surface area contributed by atoms with Crippen LogP contribution in [0, 0.1) is 20.8 Å². The summed E-state index contributed by atoms with van der Waals surface area (Å²) in [5.41, 5.74) is 6.73. The van der Waals surface area contributed by atoms with E-state index in [0.717, 1.165) is 23.4 Å². The van der Waals surface area contributed by atoms with Crippen molar-refractivity contribution >= 4 is 11.6 Å². The van der Waals surface area contributed by atoms with Crippen molar-refractivity contribution in [1.29, 1.82) is 0 Å². The third-order valence-electron chi connectivity index (χ3n) is 4.34. The van der Waals surface area contributed by atoms with Crippen LogP contribution in [0.15, 0.2) is 30.5 Å². The highest BCUT2D eigenvalue weighted by molar-refractivity contribution is 5.99. The summed E-state index contributed by atoms with van der Waals surface area (Å²) in [6, 6.07) is 8.56. The first kappa shape index (κ1) is 17.1. The molecule has 25 heavy (non-hydrogen) atoms. The van der Waals surface area contributed by atoms with Crippen LogP contribution in [-0.4, -0.2) is 26.5 Å². The average molecular weight is 336 g/mol. The zero-order valence-electron chi connectivity index (χ0n) is 15.4. The van der Waals surface area contributed by atoms with E-state index in [4.69, 9.17) is 0 Å². The molecule has 0 unspecified atom stereocenters. The van der Waals surface area contributed by atoms with Crippen molar-refractivity contribution in [3.05, 3.63) is 64.1 Å². The van der Waals surface area contributed by atoms with Crippen LogP contribution >= 0.6 is 0 Å². The molecule has 130 valence electrons. The molecule has 0 aliphatic heterocycles. The van der Waals surface area contributed by atoms with E-state index < -0.39 is 0 Å². The summed E-state index contributed by atoms with van der Waals surface area (Å²) in [4.78, 5) is 17.0. The predicted molar refractivity (Wildman–Crippen MR) is 99.0 cm³/mol. The van der Waals surface area contributed by atoms with Gasteiger partial charge in [0.1, 0.15) is 5.56 Å². The van der Waals surface area contributed by atoms with Crippen molar-refractivity contribution in [3.8, 4) is 0 Å². The minimum absolute atomic E-state index is 0.0743. The maximum absolute atomic E-state index is 12.4. The number of hydrogen-bond acceptors (Lipinski definition) is 3. The van der Waals surface area contributed by atoms with Gasteiger partial charge in [-0.15, -0.1) is 0 Å². The van der Waals surface area contributed by atoms with Crippen LogP contribution in [-0.2, 0) is 6.42 Å². The molecule has 1 aromatic carbocycles. The molecule has 0 aliphatic rings. The maximum atomic E-state index is 12.4. The van der Waals surface area contributed by atoms with E-state index in [1.54, 1.807) is 10.7 Å². The van der Waals surface area contributed by atoms with Crippen LogP contribution in [0.2, 0.25) is 0 Å². The fraction of sp³-hybridized carbons (Fsp3) is 0.350. The Morgan fingerprint density at radius 2 is 2.00 bits per heavy atom. The van der Waals surface area contributed by atoms with Gasteiger partial charge in [0, 0.05) is 23.9 Å². The topological polar surface area (TPSA) is 59.3 Å². The Morgan fingerprint density at radius 3 is 2.68 bits per heavy atom. The number of carbonyl (C=O) groups is 1. The highest BCUT2D eigenvalue weighted by Gasteiger charge is 2.18. The van der Waals surface area contributed by atoms with Gasteiger partial charge >= 0.3 is 0 Å². The second-order valence-corrected chi connectivity index (χ2v) is 6.85. The van der Waals surface area contributed by atoms with Crippen LogP contribution in [0.3, 0.4) is 0 Å². The van der Waals surface area contributed by atoms with Gasteiger partial charge in [0.05, 0.1) is 6.20 Å². The molecule has 0 fully saturated rings. The van der Waals surface area contributed by atoms with Gasteiger partial charge in [-0.3, -0.25) is 4.79 Å². The third kappa shape index (κ3) is 3.40. The number of benzene rings is 1. The zero-order valence-corrected chi connectivity index (χ0v) is 15.4. The summed E-state index contributed by atoms with van der Waals surface area (Å²) < 4.78 is 1.77. The minimum atomic E-state index is -0.136. The first-order valence-corrected chi connectivity index (χ1v) is 8.57. The van der Waals surface area contributed by atoms with Gasteiger partial charge in [-0.2, -0.15) is 5.10 Å². The maximum Gasteiger partial charge on any atom is 0.256 e. The van der Waals surface area contributed by atoms with E-state index in [-0.39, 0.29) is 11.9 Å². The Kier molecular flexibility index (Phi) is 4.57. The summed E-state index contributed by atoms with van der Waals surface area (Å²) in [6.45, 7) is 10.00. The number of aromatic nitrogens is 3. The number of fused-ring (bicyclic) bond motifs is 1. The summed E-state index contributed by atoms with van der Waals surface area (Å²) in [7, 11) is 0. The molecule has 0 spiro atoms. The standard InChI is InChI=1S/C20H24N4O/c1-12(2)22-20(25)18-11-21-24-15(5)17(14(4)23-19(18)24)10-16-8-6-7-13(3)9-16/h6-9,11-12H,10H2,1-5H3,(H,22,25). The number of aryl methyl sites for hydroxylation is 3. The SMILES string of the molecule is Cc1cccc(Cc2c(C)nc3c(C(=O)NC(C)C)cnn3c2C)c1. The second-order valence-electron chi connectivity index (χ2n) is 6.85. The van der Waals surface area contributed by atoms with E-state index in [0.29, 0.717) is 11.2 Å². The fourth-order valence-electron chi connectivity index (χ4n) is 3.09. The fourth-order valence-corrected chi connectivity index (χ4v) is 3.09. The van der Waals surface area contributed by atoms with Gasteiger partial charge in [-0.1, -0.05) is 29.8 Å². The van der Waals surface area contributed by atoms with Gasteiger partial charge in [0.25, 0.3) is 5.91 Å². The van der Waals surface area contributed by atoms with Crippen molar-refractivity contribution < 1.29 is 4.79 Å². The average Bonchev–Trinajstić information content (AvgIpc) is 2.94. The van der Waals surface area contributed by atoms with Crippen molar-refractivity contribution in [1.82, 2.24) is 19.9 Å². The molecule has 3 aromatic rings. The molecular formula is C20H24N4O. The monoisotopic (exact) mass is 336 g/mol. The molecule has 0 atom stereocenters. The molecule has 0 bridgehead atoms. The van der Waals surface area contributed by atoms with E-state index in [2.05, 4.69) is 46.6 Å². The van der Waals surface area contributed by atoms with Crippen molar-refractivity contribution in [2.75, 3.05) is 0 Å². The first-order valence-electron chi connectivity index (χ1n) is 8.57. The Morgan fingerprint density at radius 1 is 1.24 bits per heavy atom. The number of rotatable bonds is 4. The second kappa shape index (κ2) is 6.67. The summed E-state index contributed by atoms with van der Waals surface area (Å²) in [5.74, 6) is -0.136. The molecule has 3 rings (SSSR count). The number of nitrogens with one attached hydrogen (secondary N) is 1. The summed E-state index contributed by atoms with van der Waals surface area (Å²) >= 11 is 0. The van der Waals surface area contributed by atoms with Gasteiger partial charge in [0.15, 0.2) is 5.65 Å². The molecule has 0 saturated carbocycles. The van der Waals surface area contributed by atoms with Gasteiger partial charge in [-0.25, -0.2) is 9.50 Å². The lowest BCUT2D eigenvalue weighted by molar-refractivity contribution is 0.0944. The van der Waals surface area contributed by atoms with E-state index in [1.807, 2.05) is 27.7 Å². The van der Waals surface area contributed by atoms with E-state index in [1.165, 1.54) is 11.1 Å². The lowest BCUT2D eigenvalue weighted by Gasteiger charge is -2.12. The number of amides is 1. The van der Waals surface area contributed by atoms with Crippen LogP contribution < -0.4 is 5.32 Å². The summed E-state index contributed by atoms with van der Waals surface area (Å²) in [6.07, 6.45) is 2.40. The van der Waals surface area contributed by atoms with E-state index >= 15 is 0 Å². The molecule has 0 saturated heterocycles. The van der Waals surface area contributed by atoms with Crippen LogP contribution in [0.1, 0.15) is 52.3 Å². The molecule has 0 aliphatic carbocycles. The molecule has 5 nitrogen and oxygen atoms in total. The summed E-state index contributed by atoms with van der Waals surface area (Å²) in [5, 5.41) is 7.31. The number of carbonyl (C=O) groups excluding carboxylic acids is 1. The van der Waals surface area contributed by atoms with Gasteiger partial charge in [-0.05, 0) is 45.7 Å². The molecule has 0 radical (unpaired) electrons. The Hall–Kier alpha value is -2.69. The Balaban J connectivity index is 2.04. The highest BCUT2D eigenvalue weighted by Crippen LogP contribution is 2.20. The Bertz CT molecular complexity index is 940. The molecular weight excluding hydrogens is 312 g/mol. The normalized spacial score (nSPS) is 11.3. The quantitative estimate of drug-likeness (QED) is 0.794. The molecule has 2 aromatic heterocycles. The third-order valence-corrected chi connectivity index (χ3v) is 4.34. The largest absolute Gasteiger partial charge is 0.350 e. The number of hydrogen-bond donors (Lipinski definition) is 1. The number of nitrogens with zero attached hydrogens (tertiary/aromatic N) is 3. The lowest BCUT2D eigenvalue weighted by Crippen LogP contribution is -2.30. The van der Waals surface area contributed by atoms with Crippen molar-refractivity contribution in [2.45, 2.75) is 47.1 Å². The lowest BCUT2D eigenvalue weighted by atomic mass is 10.0. The molecule has 1 N–H and O–H groups in total. The zero-order chi connectivity index (χ0) is 18.1. The molecule has 1 amide bonds. The first-order chi connectivity index (χ1) is 11.9. The van der Waals surface area contributed by atoms with Crippen LogP contribution in [0.4, 0.5) is 0 Å². The highest BCUT2D eigenvalue weighted by atomic mass is 16.1. The minimum Gasteiger partial charge on any atom is -0.350 e. The van der Waals surface area contributed by atoms with Crippen LogP contribution in [0.25, 0.3) is 5.65 Å². The smallest absolute Gasteiger partial charge is 0.256 e. The van der Waals surface area contributed by atoms with Crippen molar-refractivity contribution in [2.24, 2.45) is 0 Å². The van der Waals surface area contributed by atoms with Gasteiger partial charge < -0.3 is 5.32 Å². The van der Waals surface area contributed by atoms with Gasteiger partial charge in [0.2, 0.25) is 0 Å². The Labute approximate surface area is 148 Å². The molecule has 5 heteroatoms. The predicted octanol–water partition coefficient (Wildman–Crippen LogP) is 3.38. The van der Waals surface area contributed by atoms with Crippen molar-refractivity contribution in [3.63, 3.8) is 0 Å².